The first-order valence-corrected chi connectivity index (χ1v) is 12.4. The van der Waals surface area contributed by atoms with E-state index in [4.69, 9.17) is 4.74 Å². The Hall–Kier alpha value is -2.54. The number of hydrogen-bond acceptors (Lipinski definition) is 4. The van der Waals surface area contributed by atoms with E-state index in [0.29, 0.717) is 12.1 Å². The molecular weight excluding hydrogens is 412 g/mol. The number of ether oxygens (including phenoxy) is 1. The minimum Gasteiger partial charge on any atom is -0.496 e. The zero-order valence-electron chi connectivity index (χ0n) is 19.4. The van der Waals surface area contributed by atoms with Gasteiger partial charge in [0.2, 0.25) is 15.9 Å². The number of methoxy groups -OCH3 is 1. The highest BCUT2D eigenvalue weighted by atomic mass is 32.2. The third kappa shape index (κ3) is 6.99. The van der Waals surface area contributed by atoms with Crippen molar-refractivity contribution in [1.82, 2.24) is 5.32 Å². The Bertz CT molecular complexity index is 998. The first kappa shape index (κ1) is 24.7. The summed E-state index contributed by atoms with van der Waals surface area (Å²) in [5, 5.41) is 3.07. The molecule has 0 unspecified atom stereocenters. The molecular formula is C24H34N2O4S. The van der Waals surface area contributed by atoms with E-state index in [0.717, 1.165) is 34.4 Å². The van der Waals surface area contributed by atoms with Crippen LogP contribution in [-0.2, 0) is 14.8 Å². The summed E-state index contributed by atoms with van der Waals surface area (Å²) in [6.07, 6.45) is 2.64. The molecule has 0 saturated carbocycles. The van der Waals surface area contributed by atoms with E-state index >= 15 is 0 Å². The molecule has 0 fully saturated rings. The lowest BCUT2D eigenvalue weighted by molar-refractivity contribution is -0.121. The quantitative estimate of drug-likeness (QED) is 0.586. The fraction of sp³-hybridized carbons (Fsp3) is 0.458. The number of benzene rings is 2. The summed E-state index contributed by atoms with van der Waals surface area (Å²) in [5.74, 6) is 0.728. The van der Waals surface area contributed by atoms with Gasteiger partial charge in [-0.2, -0.15) is 0 Å². The fourth-order valence-electron chi connectivity index (χ4n) is 3.77. The van der Waals surface area contributed by atoms with Gasteiger partial charge in [0.05, 0.1) is 25.1 Å². The normalized spacial score (nSPS) is 12.3. The Morgan fingerprint density at radius 3 is 2.26 bits per heavy atom. The highest BCUT2D eigenvalue weighted by molar-refractivity contribution is 7.92. The Balaban J connectivity index is 2.02. The van der Waals surface area contributed by atoms with Crippen LogP contribution in [0.5, 0.6) is 5.75 Å². The van der Waals surface area contributed by atoms with Crippen molar-refractivity contribution in [2.45, 2.75) is 53.0 Å². The van der Waals surface area contributed by atoms with E-state index in [1.165, 1.54) is 10.6 Å². The maximum absolute atomic E-state index is 12.6. The van der Waals surface area contributed by atoms with E-state index < -0.39 is 10.0 Å². The lowest BCUT2D eigenvalue weighted by Crippen LogP contribution is -2.33. The number of carbonyl (C=O) groups is 1. The molecule has 0 radical (unpaired) electrons. The van der Waals surface area contributed by atoms with Crippen LogP contribution in [0.25, 0.3) is 0 Å². The molecule has 7 heteroatoms. The summed E-state index contributed by atoms with van der Waals surface area (Å²) < 4.78 is 31.4. The van der Waals surface area contributed by atoms with Crippen LogP contribution in [-0.4, -0.2) is 34.2 Å². The number of anilines is 1. The Morgan fingerprint density at radius 1 is 1.10 bits per heavy atom. The van der Waals surface area contributed by atoms with Crippen LogP contribution < -0.4 is 14.4 Å². The van der Waals surface area contributed by atoms with Crippen LogP contribution in [0.1, 0.15) is 54.5 Å². The summed E-state index contributed by atoms with van der Waals surface area (Å²) >= 11 is 0. The number of hydrogen-bond donors (Lipinski definition) is 1. The SMILES string of the molecule is CC[C@H](NC(=O)CCCN(c1cc(C)cc(C)c1)S(C)(=O)=O)c1ccc(OC)c(C)c1. The Labute approximate surface area is 186 Å². The lowest BCUT2D eigenvalue weighted by Gasteiger charge is -2.24. The van der Waals surface area contributed by atoms with Crippen LogP contribution in [0.4, 0.5) is 5.69 Å². The predicted octanol–water partition coefficient (Wildman–Crippen LogP) is 4.43. The summed E-state index contributed by atoms with van der Waals surface area (Å²) in [7, 11) is -1.80. The van der Waals surface area contributed by atoms with Gasteiger partial charge in [-0.3, -0.25) is 9.10 Å². The molecule has 0 spiro atoms. The van der Waals surface area contributed by atoms with Crippen LogP contribution in [0.15, 0.2) is 36.4 Å². The Kier molecular flexibility index (Phi) is 8.51. The first-order valence-electron chi connectivity index (χ1n) is 10.5. The van der Waals surface area contributed by atoms with Crippen molar-refractivity contribution >= 4 is 21.6 Å². The number of sulfonamides is 1. The molecule has 1 N–H and O–H groups in total. The van der Waals surface area contributed by atoms with Gasteiger partial charge < -0.3 is 10.1 Å². The van der Waals surface area contributed by atoms with Crippen molar-refractivity contribution in [3.05, 3.63) is 58.7 Å². The van der Waals surface area contributed by atoms with Gasteiger partial charge in [0.15, 0.2) is 0 Å². The second-order valence-electron chi connectivity index (χ2n) is 8.04. The summed E-state index contributed by atoms with van der Waals surface area (Å²) in [5.41, 5.74) is 4.69. The minimum atomic E-state index is -3.44. The summed E-state index contributed by atoms with van der Waals surface area (Å²) in [4.78, 5) is 12.6. The Morgan fingerprint density at radius 2 is 1.74 bits per heavy atom. The van der Waals surface area contributed by atoms with E-state index in [9.17, 15) is 13.2 Å². The van der Waals surface area contributed by atoms with Gasteiger partial charge in [0, 0.05) is 13.0 Å². The standard InChI is InChI=1S/C24H34N2O4S/c1-7-22(20-10-11-23(30-5)19(4)16-20)25-24(27)9-8-12-26(31(6,28)29)21-14-17(2)13-18(3)15-21/h10-11,13-16,22H,7-9,12H2,1-6H3,(H,25,27)/t22-/m0/s1. The molecule has 1 atom stereocenters. The van der Waals surface area contributed by atoms with Gasteiger partial charge in [-0.25, -0.2) is 8.42 Å². The van der Waals surface area contributed by atoms with Crippen molar-refractivity contribution in [3.8, 4) is 5.75 Å². The molecule has 0 saturated heterocycles. The monoisotopic (exact) mass is 446 g/mol. The highest BCUT2D eigenvalue weighted by Crippen LogP contribution is 2.25. The highest BCUT2D eigenvalue weighted by Gasteiger charge is 2.19. The molecule has 0 bridgehead atoms. The topological polar surface area (TPSA) is 75.7 Å². The second-order valence-corrected chi connectivity index (χ2v) is 9.95. The van der Waals surface area contributed by atoms with Gasteiger partial charge in [0.25, 0.3) is 0 Å². The van der Waals surface area contributed by atoms with Crippen molar-refractivity contribution in [2.24, 2.45) is 0 Å². The minimum absolute atomic E-state index is 0.0887. The summed E-state index contributed by atoms with van der Waals surface area (Å²) in [6, 6.07) is 11.5. The van der Waals surface area contributed by atoms with Crippen molar-refractivity contribution in [1.29, 1.82) is 0 Å². The zero-order valence-corrected chi connectivity index (χ0v) is 20.2. The molecule has 0 aliphatic heterocycles. The van der Waals surface area contributed by atoms with Gasteiger partial charge in [-0.05, 0) is 74.1 Å². The maximum Gasteiger partial charge on any atom is 0.232 e. The van der Waals surface area contributed by atoms with Crippen molar-refractivity contribution in [3.63, 3.8) is 0 Å². The number of rotatable bonds is 10. The number of aryl methyl sites for hydroxylation is 3. The molecule has 1 amide bonds. The predicted molar refractivity (Wildman–Crippen MR) is 126 cm³/mol. The molecule has 2 rings (SSSR count). The average Bonchev–Trinajstić information content (AvgIpc) is 2.67. The van der Waals surface area contributed by atoms with E-state index in [2.05, 4.69) is 5.32 Å². The lowest BCUT2D eigenvalue weighted by atomic mass is 10.0. The summed E-state index contributed by atoms with van der Waals surface area (Å²) in [6.45, 7) is 8.14. The fourth-order valence-corrected chi connectivity index (χ4v) is 4.72. The van der Waals surface area contributed by atoms with Gasteiger partial charge in [-0.1, -0.05) is 25.1 Å². The number of nitrogens with zero attached hydrogens (tertiary/aromatic N) is 1. The van der Waals surface area contributed by atoms with Gasteiger partial charge >= 0.3 is 0 Å². The van der Waals surface area contributed by atoms with Crippen LogP contribution in [0, 0.1) is 20.8 Å². The van der Waals surface area contributed by atoms with Crippen LogP contribution in [0.3, 0.4) is 0 Å². The number of amides is 1. The average molecular weight is 447 g/mol. The molecule has 2 aromatic rings. The van der Waals surface area contributed by atoms with Crippen molar-refractivity contribution < 1.29 is 17.9 Å². The smallest absolute Gasteiger partial charge is 0.232 e. The second kappa shape index (κ2) is 10.7. The van der Waals surface area contributed by atoms with E-state index in [-0.39, 0.29) is 24.9 Å². The molecule has 31 heavy (non-hydrogen) atoms. The zero-order chi connectivity index (χ0) is 23.2. The third-order valence-electron chi connectivity index (χ3n) is 5.22. The molecule has 0 aliphatic rings. The van der Waals surface area contributed by atoms with Crippen LogP contribution >= 0.6 is 0 Å². The molecule has 0 aromatic heterocycles. The van der Waals surface area contributed by atoms with Crippen LogP contribution in [0.2, 0.25) is 0 Å². The molecule has 0 aliphatic carbocycles. The van der Waals surface area contributed by atoms with E-state index in [1.807, 2.05) is 64.1 Å². The molecule has 6 nitrogen and oxygen atoms in total. The number of carbonyl (C=O) groups excluding carboxylic acids is 1. The molecule has 0 heterocycles. The maximum atomic E-state index is 12.6. The van der Waals surface area contributed by atoms with Gasteiger partial charge in [-0.15, -0.1) is 0 Å². The largest absolute Gasteiger partial charge is 0.496 e. The molecule has 2 aromatic carbocycles. The third-order valence-corrected chi connectivity index (χ3v) is 6.42. The first-order chi connectivity index (χ1) is 14.5. The number of nitrogens with one attached hydrogen (secondary N) is 1. The molecule has 170 valence electrons. The van der Waals surface area contributed by atoms with Crippen molar-refractivity contribution in [2.75, 3.05) is 24.2 Å². The van der Waals surface area contributed by atoms with Gasteiger partial charge in [0.1, 0.15) is 5.75 Å². The van der Waals surface area contributed by atoms with E-state index in [1.54, 1.807) is 7.11 Å².